The summed E-state index contributed by atoms with van der Waals surface area (Å²) in [6, 6.07) is 14.1. The van der Waals surface area contributed by atoms with Crippen LogP contribution in [-0.2, 0) is 23.9 Å². The molecule has 0 fully saturated rings. The van der Waals surface area contributed by atoms with Crippen LogP contribution in [0.25, 0.3) is 6.08 Å². The first-order chi connectivity index (χ1) is 19.9. The lowest BCUT2D eigenvalue weighted by atomic mass is 10.2. The summed E-state index contributed by atoms with van der Waals surface area (Å²) in [7, 11) is 0. The summed E-state index contributed by atoms with van der Waals surface area (Å²) in [5.74, 6) is 0.309. The molecule has 0 unspecified atom stereocenters. The molecule has 41 heavy (non-hydrogen) atoms. The van der Waals surface area contributed by atoms with E-state index in [1.165, 1.54) is 6.08 Å². The Morgan fingerprint density at radius 2 is 1.20 bits per heavy atom. The van der Waals surface area contributed by atoms with Crippen molar-refractivity contribution in [3.63, 3.8) is 0 Å². The zero-order chi connectivity index (χ0) is 29.7. The Morgan fingerprint density at radius 1 is 0.683 bits per heavy atom. The van der Waals surface area contributed by atoms with E-state index in [4.69, 9.17) is 28.8 Å². The van der Waals surface area contributed by atoms with Crippen LogP contribution in [0.5, 0.6) is 17.2 Å². The molecule has 0 radical (unpaired) electrons. The van der Waals surface area contributed by atoms with E-state index in [1.807, 2.05) is 24.3 Å². The van der Waals surface area contributed by atoms with Gasteiger partial charge in [-0.05, 0) is 86.6 Å². The van der Waals surface area contributed by atoms with Crippen LogP contribution in [0.2, 0.25) is 0 Å². The summed E-state index contributed by atoms with van der Waals surface area (Å²) >= 11 is 0. The van der Waals surface area contributed by atoms with E-state index >= 15 is 0 Å². The minimum Gasteiger partial charge on any atom is -0.494 e. The maximum atomic E-state index is 12.2. The lowest BCUT2D eigenvalue weighted by molar-refractivity contribution is -0.140. The molecule has 0 aliphatic heterocycles. The molecule has 0 atom stereocenters. The number of carbonyl (C=O) groups is 3. The van der Waals surface area contributed by atoms with Crippen molar-refractivity contribution in [3.05, 3.63) is 85.0 Å². The Bertz CT molecular complexity index is 1130. The van der Waals surface area contributed by atoms with Gasteiger partial charge < -0.3 is 28.8 Å². The number of rotatable bonds is 20. The van der Waals surface area contributed by atoms with Gasteiger partial charge in [-0.1, -0.05) is 25.3 Å². The van der Waals surface area contributed by atoms with E-state index in [2.05, 4.69) is 13.2 Å². The third kappa shape index (κ3) is 14.5. The van der Waals surface area contributed by atoms with Crippen LogP contribution in [0, 0.1) is 0 Å². The Hall–Kier alpha value is -4.37. The standard InChI is InChI=1S/C32H38O9/c1-3-30(34)39-22-9-8-21-38-27-13-10-26(11-14-27)12-19-31(35)41-29-17-15-28(16-18-29)37-20-6-4-5-7-23-40-32(36)25(2)24-33/h3,10-19,33H,1-2,4-9,20-24H2/b19-12+. The van der Waals surface area contributed by atoms with Gasteiger partial charge >= 0.3 is 17.9 Å². The summed E-state index contributed by atoms with van der Waals surface area (Å²) in [6.45, 7) is 8.04. The normalized spacial score (nSPS) is 10.6. The fourth-order valence-electron chi connectivity index (χ4n) is 3.30. The third-order valence-electron chi connectivity index (χ3n) is 5.57. The van der Waals surface area contributed by atoms with E-state index in [1.54, 1.807) is 30.3 Å². The van der Waals surface area contributed by atoms with Gasteiger partial charge in [-0.15, -0.1) is 0 Å². The topological polar surface area (TPSA) is 118 Å². The second kappa shape index (κ2) is 19.7. The van der Waals surface area contributed by atoms with Crippen LogP contribution in [0.15, 0.2) is 79.4 Å². The summed E-state index contributed by atoms with van der Waals surface area (Å²) in [6.07, 6.45) is 9.00. The summed E-state index contributed by atoms with van der Waals surface area (Å²) in [5.41, 5.74) is 0.878. The second-order valence-corrected chi connectivity index (χ2v) is 8.88. The van der Waals surface area contributed by atoms with Gasteiger partial charge in [-0.2, -0.15) is 0 Å². The molecule has 0 aliphatic rings. The van der Waals surface area contributed by atoms with Crippen LogP contribution in [0.1, 0.15) is 44.1 Å². The van der Waals surface area contributed by atoms with E-state index in [-0.39, 0.29) is 5.57 Å². The van der Waals surface area contributed by atoms with Crippen molar-refractivity contribution in [1.29, 1.82) is 0 Å². The van der Waals surface area contributed by atoms with Crippen LogP contribution in [0.4, 0.5) is 0 Å². The molecule has 1 N–H and O–H groups in total. The average molecular weight is 567 g/mol. The van der Waals surface area contributed by atoms with Crippen molar-refractivity contribution in [2.24, 2.45) is 0 Å². The number of esters is 3. The second-order valence-electron chi connectivity index (χ2n) is 8.88. The van der Waals surface area contributed by atoms with E-state index in [9.17, 15) is 14.4 Å². The van der Waals surface area contributed by atoms with Gasteiger partial charge in [0.25, 0.3) is 0 Å². The molecule has 9 heteroatoms. The van der Waals surface area contributed by atoms with Crippen LogP contribution in [0.3, 0.4) is 0 Å². The number of carbonyl (C=O) groups excluding carboxylic acids is 3. The molecule has 2 rings (SSSR count). The van der Waals surface area contributed by atoms with Crippen molar-refractivity contribution >= 4 is 24.0 Å². The average Bonchev–Trinajstić information content (AvgIpc) is 2.99. The molecule has 0 saturated carbocycles. The molecule has 0 aromatic heterocycles. The lowest BCUT2D eigenvalue weighted by Gasteiger charge is -2.08. The largest absolute Gasteiger partial charge is 0.494 e. The maximum Gasteiger partial charge on any atom is 0.336 e. The molecule has 0 amide bonds. The van der Waals surface area contributed by atoms with Gasteiger partial charge in [0.2, 0.25) is 0 Å². The predicted molar refractivity (Wildman–Crippen MR) is 155 cm³/mol. The molecule has 0 aliphatic carbocycles. The number of benzene rings is 2. The van der Waals surface area contributed by atoms with Crippen LogP contribution in [-0.4, -0.2) is 56.0 Å². The highest BCUT2D eigenvalue weighted by molar-refractivity contribution is 5.89. The minimum absolute atomic E-state index is 0.0557. The first kappa shape index (κ1) is 32.8. The zero-order valence-corrected chi connectivity index (χ0v) is 23.3. The molecule has 0 heterocycles. The van der Waals surface area contributed by atoms with Gasteiger partial charge in [0, 0.05) is 12.2 Å². The number of hydrogen-bond donors (Lipinski definition) is 1. The molecule has 0 saturated heterocycles. The van der Waals surface area contributed by atoms with Crippen molar-refractivity contribution < 1.29 is 43.2 Å². The SMILES string of the molecule is C=CC(=O)OCCCCOc1ccc(/C=C/C(=O)Oc2ccc(OCCCCCCOC(=O)C(=C)CO)cc2)cc1. The maximum absolute atomic E-state index is 12.2. The Kier molecular flexibility index (Phi) is 15.7. The zero-order valence-electron chi connectivity index (χ0n) is 23.3. The predicted octanol–water partition coefficient (Wildman–Crippen LogP) is 5.22. The highest BCUT2D eigenvalue weighted by Gasteiger charge is 2.06. The van der Waals surface area contributed by atoms with Gasteiger partial charge in [0.15, 0.2) is 0 Å². The van der Waals surface area contributed by atoms with Crippen molar-refractivity contribution in [3.8, 4) is 17.2 Å². The number of aliphatic hydroxyl groups is 1. The van der Waals surface area contributed by atoms with Gasteiger partial charge in [-0.25, -0.2) is 14.4 Å². The molecule has 220 valence electrons. The molecular formula is C32H38O9. The highest BCUT2D eigenvalue weighted by Crippen LogP contribution is 2.19. The monoisotopic (exact) mass is 566 g/mol. The smallest absolute Gasteiger partial charge is 0.336 e. The Labute approximate surface area is 241 Å². The fraction of sp³-hybridized carbons (Fsp3) is 0.344. The summed E-state index contributed by atoms with van der Waals surface area (Å²) in [5, 5.41) is 8.82. The van der Waals surface area contributed by atoms with Crippen molar-refractivity contribution in [1.82, 2.24) is 0 Å². The number of ether oxygens (including phenoxy) is 5. The first-order valence-corrected chi connectivity index (χ1v) is 13.5. The number of aliphatic hydroxyl groups excluding tert-OH is 1. The Balaban J connectivity index is 1.59. The molecule has 2 aromatic rings. The fourth-order valence-corrected chi connectivity index (χ4v) is 3.30. The molecule has 9 nitrogen and oxygen atoms in total. The van der Waals surface area contributed by atoms with E-state index in [0.29, 0.717) is 50.1 Å². The highest BCUT2D eigenvalue weighted by atomic mass is 16.5. The lowest BCUT2D eigenvalue weighted by Crippen LogP contribution is -2.10. The van der Waals surface area contributed by atoms with Crippen molar-refractivity contribution in [2.75, 3.05) is 33.0 Å². The third-order valence-corrected chi connectivity index (χ3v) is 5.57. The van der Waals surface area contributed by atoms with E-state index < -0.39 is 24.5 Å². The molecular weight excluding hydrogens is 528 g/mol. The van der Waals surface area contributed by atoms with Gasteiger partial charge in [0.05, 0.1) is 38.6 Å². The number of hydrogen-bond acceptors (Lipinski definition) is 9. The molecule has 2 aromatic carbocycles. The molecule has 0 bridgehead atoms. The van der Waals surface area contributed by atoms with Crippen LogP contribution >= 0.6 is 0 Å². The summed E-state index contributed by atoms with van der Waals surface area (Å²) in [4.78, 5) is 34.5. The Morgan fingerprint density at radius 3 is 1.80 bits per heavy atom. The summed E-state index contributed by atoms with van der Waals surface area (Å²) < 4.78 is 26.6. The van der Waals surface area contributed by atoms with Crippen molar-refractivity contribution in [2.45, 2.75) is 38.5 Å². The van der Waals surface area contributed by atoms with Gasteiger partial charge in [0.1, 0.15) is 17.2 Å². The first-order valence-electron chi connectivity index (χ1n) is 13.5. The quantitative estimate of drug-likeness (QED) is 0.0995. The molecule has 0 spiro atoms. The number of unbranched alkanes of at least 4 members (excludes halogenated alkanes) is 4. The minimum atomic E-state index is -0.562. The van der Waals surface area contributed by atoms with Crippen LogP contribution < -0.4 is 14.2 Å². The van der Waals surface area contributed by atoms with Gasteiger partial charge in [-0.3, -0.25) is 0 Å². The van der Waals surface area contributed by atoms with E-state index in [0.717, 1.165) is 43.7 Å².